The van der Waals surface area contributed by atoms with Crippen LogP contribution < -0.4 is 5.32 Å². The van der Waals surface area contributed by atoms with E-state index >= 15 is 0 Å². The molecule has 0 aliphatic carbocycles. The third kappa shape index (κ3) is 1.63. The fourth-order valence-corrected chi connectivity index (χ4v) is 1.76. The van der Waals surface area contributed by atoms with E-state index in [2.05, 4.69) is 39.2 Å². The van der Waals surface area contributed by atoms with E-state index < -0.39 is 0 Å². The van der Waals surface area contributed by atoms with Crippen LogP contribution in [-0.2, 0) is 6.54 Å². The Bertz CT molecular complexity index is 290. The molecule has 12 heavy (non-hydrogen) atoms. The first-order chi connectivity index (χ1) is 5.27. The van der Waals surface area contributed by atoms with Gasteiger partial charge in [0.15, 0.2) is 0 Å². The van der Waals surface area contributed by atoms with Crippen LogP contribution in [0.2, 0.25) is 0 Å². The Hall–Kier alpha value is -0.120. The molecule has 0 spiro atoms. The molecule has 1 unspecified atom stereocenters. The maximum atomic E-state index is 4.33. The van der Waals surface area contributed by atoms with Gasteiger partial charge in [0.05, 0.1) is 5.69 Å². The number of nitrogens with one attached hydrogen (secondary N) is 1. The summed E-state index contributed by atoms with van der Waals surface area (Å²) in [5.41, 5.74) is 2.50. The standard InChI is InChI=1S/C8H9BrN2.ClH/c1-5-8-6(3-10-5)2-7(9)4-11-8;/h2,4-5,10H,3H2,1H3;1H. The molecule has 1 N–H and O–H groups in total. The van der Waals surface area contributed by atoms with Crippen molar-refractivity contribution < 1.29 is 0 Å². The summed E-state index contributed by atoms with van der Waals surface area (Å²) in [6.45, 7) is 3.08. The topological polar surface area (TPSA) is 24.9 Å². The summed E-state index contributed by atoms with van der Waals surface area (Å²) in [6.07, 6.45) is 1.85. The summed E-state index contributed by atoms with van der Waals surface area (Å²) in [6, 6.07) is 2.54. The first-order valence-corrected chi connectivity index (χ1v) is 4.44. The van der Waals surface area contributed by atoms with Crippen molar-refractivity contribution >= 4 is 28.3 Å². The van der Waals surface area contributed by atoms with Crippen LogP contribution in [0.15, 0.2) is 16.7 Å². The second-order valence-corrected chi connectivity index (χ2v) is 3.72. The van der Waals surface area contributed by atoms with E-state index in [1.807, 2.05) is 6.20 Å². The molecule has 0 fully saturated rings. The van der Waals surface area contributed by atoms with Gasteiger partial charge in [0.1, 0.15) is 0 Å². The van der Waals surface area contributed by atoms with Crippen LogP contribution in [-0.4, -0.2) is 4.98 Å². The number of halogens is 2. The lowest BCUT2D eigenvalue weighted by Gasteiger charge is -2.01. The largest absolute Gasteiger partial charge is 0.305 e. The molecule has 0 bridgehead atoms. The van der Waals surface area contributed by atoms with Crippen molar-refractivity contribution in [2.45, 2.75) is 19.5 Å². The molecule has 0 saturated carbocycles. The number of hydrogen-bond acceptors (Lipinski definition) is 2. The molecule has 1 aromatic heterocycles. The van der Waals surface area contributed by atoms with Gasteiger partial charge >= 0.3 is 0 Å². The van der Waals surface area contributed by atoms with Crippen molar-refractivity contribution in [3.05, 3.63) is 28.0 Å². The third-order valence-corrected chi connectivity index (χ3v) is 2.41. The van der Waals surface area contributed by atoms with E-state index in [0.29, 0.717) is 6.04 Å². The monoisotopic (exact) mass is 248 g/mol. The van der Waals surface area contributed by atoms with Gasteiger partial charge in [-0.2, -0.15) is 0 Å². The van der Waals surface area contributed by atoms with Gasteiger partial charge in [-0.05, 0) is 34.5 Å². The van der Waals surface area contributed by atoms with Crippen LogP contribution in [0.25, 0.3) is 0 Å². The van der Waals surface area contributed by atoms with Crippen LogP contribution >= 0.6 is 28.3 Å². The van der Waals surface area contributed by atoms with Gasteiger partial charge < -0.3 is 5.32 Å². The fourth-order valence-electron chi connectivity index (χ4n) is 1.38. The van der Waals surface area contributed by atoms with Gasteiger partial charge in [-0.15, -0.1) is 12.4 Å². The Kier molecular flexibility index (Phi) is 3.09. The molecule has 1 aliphatic heterocycles. The van der Waals surface area contributed by atoms with Crippen molar-refractivity contribution in [2.24, 2.45) is 0 Å². The van der Waals surface area contributed by atoms with Gasteiger partial charge in [-0.1, -0.05) is 0 Å². The van der Waals surface area contributed by atoms with Crippen LogP contribution in [0.3, 0.4) is 0 Å². The SMILES string of the molecule is CC1NCc2cc(Br)cnc21.Cl. The predicted octanol–water partition coefficient (Wildman–Crippen LogP) is 2.43. The van der Waals surface area contributed by atoms with E-state index in [1.165, 1.54) is 11.3 Å². The summed E-state index contributed by atoms with van der Waals surface area (Å²) in [5.74, 6) is 0. The molecule has 1 atom stereocenters. The highest BCUT2D eigenvalue weighted by Gasteiger charge is 2.18. The molecule has 0 amide bonds. The van der Waals surface area contributed by atoms with E-state index in [0.717, 1.165) is 11.0 Å². The maximum Gasteiger partial charge on any atom is 0.0616 e. The number of fused-ring (bicyclic) bond motifs is 1. The van der Waals surface area contributed by atoms with Crippen LogP contribution in [0.5, 0.6) is 0 Å². The summed E-state index contributed by atoms with van der Waals surface area (Å²) in [7, 11) is 0. The molecule has 0 aromatic carbocycles. The van der Waals surface area contributed by atoms with E-state index in [1.54, 1.807) is 0 Å². The van der Waals surface area contributed by atoms with Gasteiger partial charge in [0, 0.05) is 23.3 Å². The number of nitrogens with zero attached hydrogens (tertiary/aromatic N) is 1. The maximum absolute atomic E-state index is 4.33. The van der Waals surface area contributed by atoms with Crippen molar-refractivity contribution in [3.63, 3.8) is 0 Å². The number of aromatic nitrogens is 1. The number of hydrogen-bond donors (Lipinski definition) is 1. The van der Waals surface area contributed by atoms with Gasteiger partial charge in [-0.25, -0.2) is 0 Å². The summed E-state index contributed by atoms with van der Waals surface area (Å²) < 4.78 is 1.06. The Morgan fingerprint density at radius 1 is 1.67 bits per heavy atom. The number of pyridine rings is 1. The van der Waals surface area contributed by atoms with Crippen LogP contribution in [0, 0.1) is 0 Å². The van der Waals surface area contributed by atoms with Crippen molar-refractivity contribution in [1.82, 2.24) is 10.3 Å². The van der Waals surface area contributed by atoms with Gasteiger partial charge in [0.25, 0.3) is 0 Å². The smallest absolute Gasteiger partial charge is 0.0616 e. The Morgan fingerprint density at radius 2 is 2.42 bits per heavy atom. The minimum absolute atomic E-state index is 0. The zero-order chi connectivity index (χ0) is 7.84. The molecule has 4 heteroatoms. The molecule has 1 aromatic rings. The lowest BCUT2D eigenvalue weighted by atomic mass is 10.2. The minimum Gasteiger partial charge on any atom is -0.305 e. The second kappa shape index (κ2) is 3.73. The van der Waals surface area contributed by atoms with Gasteiger partial charge in [-0.3, -0.25) is 4.98 Å². The first-order valence-electron chi connectivity index (χ1n) is 3.65. The highest BCUT2D eigenvalue weighted by Crippen LogP contribution is 2.24. The summed E-state index contributed by atoms with van der Waals surface area (Å²) in [4.78, 5) is 4.33. The van der Waals surface area contributed by atoms with Crippen molar-refractivity contribution in [3.8, 4) is 0 Å². The highest BCUT2D eigenvalue weighted by molar-refractivity contribution is 9.10. The Morgan fingerprint density at radius 3 is 3.17 bits per heavy atom. The van der Waals surface area contributed by atoms with Crippen molar-refractivity contribution in [2.75, 3.05) is 0 Å². The quantitative estimate of drug-likeness (QED) is 0.764. The molecule has 66 valence electrons. The second-order valence-electron chi connectivity index (χ2n) is 2.80. The Labute approximate surface area is 86.3 Å². The molecular weight excluding hydrogens is 239 g/mol. The summed E-state index contributed by atoms with van der Waals surface area (Å²) >= 11 is 3.39. The average Bonchev–Trinajstić information content (AvgIpc) is 2.32. The molecular formula is C8H10BrClN2. The molecule has 1 aliphatic rings. The van der Waals surface area contributed by atoms with E-state index in [4.69, 9.17) is 0 Å². The molecule has 0 saturated heterocycles. The Balaban J connectivity index is 0.000000720. The van der Waals surface area contributed by atoms with Gasteiger partial charge in [0.2, 0.25) is 0 Å². The number of rotatable bonds is 0. The fraction of sp³-hybridized carbons (Fsp3) is 0.375. The molecule has 2 nitrogen and oxygen atoms in total. The van der Waals surface area contributed by atoms with Crippen LogP contribution in [0.4, 0.5) is 0 Å². The molecule has 0 radical (unpaired) electrons. The average molecular weight is 250 g/mol. The molecule has 2 heterocycles. The lowest BCUT2D eigenvalue weighted by Crippen LogP contribution is -2.07. The highest BCUT2D eigenvalue weighted by atomic mass is 79.9. The molecule has 2 rings (SSSR count). The third-order valence-electron chi connectivity index (χ3n) is 1.98. The van der Waals surface area contributed by atoms with E-state index in [9.17, 15) is 0 Å². The van der Waals surface area contributed by atoms with Crippen LogP contribution in [0.1, 0.15) is 24.2 Å². The normalized spacial score (nSPS) is 20.0. The lowest BCUT2D eigenvalue weighted by molar-refractivity contribution is 0.623. The zero-order valence-corrected chi connectivity index (χ0v) is 9.08. The van der Waals surface area contributed by atoms with Crippen molar-refractivity contribution in [1.29, 1.82) is 0 Å². The predicted molar refractivity (Wildman–Crippen MR) is 54.4 cm³/mol. The first kappa shape index (κ1) is 9.96. The summed E-state index contributed by atoms with van der Waals surface area (Å²) in [5, 5.41) is 3.33. The van der Waals surface area contributed by atoms with E-state index in [-0.39, 0.29) is 12.4 Å². The zero-order valence-electron chi connectivity index (χ0n) is 6.67. The minimum atomic E-state index is 0.